The molecule has 0 radical (unpaired) electrons. The van der Waals surface area contributed by atoms with E-state index in [1.807, 2.05) is 13.0 Å². The summed E-state index contributed by atoms with van der Waals surface area (Å²) in [4.78, 5) is 11.2. The molecule has 2 atom stereocenters. The van der Waals surface area contributed by atoms with Crippen molar-refractivity contribution < 1.29 is 14.2 Å². The number of pyridine rings is 1. The quantitative estimate of drug-likeness (QED) is 0.774. The fourth-order valence-electron chi connectivity index (χ4n) is 3.90. The Morgan fingerprint density at radius 1 is 1.46 bits per heavy atom. The van der Waals surface area contributed by atoms with E-state index in [9.17, 15) is 0 Å². The number of methoxy groups -OCH3 is 1. The molecule has 2 aromatic rings. The average Bonchev–Trinajstić information content (AvgIpc) is 3.35. The molecule has 0 amide bonds. The molecule has 0 unspecified atom stereocenters. The van der Waals surface area contributed by atoms with E-state index in [1.54, 1.807) is 24.6 Å². The molecule has 4 rings (SSSR count). The molecule has 26 heavy (non-hydrogen) atoms. The van der Waals surface area contributed by atoms with E-state index in [4.69, 9.17) is 14.2 Å². The summed E-state index contributed by atoms with van der Waals surface area (Å²) >= 11 is 1.67. The third kappa shape index (κ3) is 3.91. The molecule has 4 heterocycles. The van der Waals surface area contributed by atoms with E-state index in [0.717, 1.165) is 48.7 Å². The Kier molecular flexibility index (Phi) is 5.22. The third-order valence-corrected chi connectivity index (χ3v) is 5.96. The monoisotopic (exact) mass is 375 g/mol. The van der Waals surface area contributed by atoms with E-state index in [2.05, 4.69) is 26.3 Å². The topological polar surface area (TPSA) is 56.7 Å². The van der Waals surface area contributed by atoms with Crippen LogP contribution in [-0.2, 0) is 22.6 Å². The van der Waals surface area contributed by atoms with Gasteiger partial charge in [-0.25, -0.2) is 9.97 Å². The molecular formula is C19H25N3O3S. The zero-order valence-electron chi connectivity index (χ0n) is 15.3. The van der Waals surface area contributed by atoms with Crippen LogP contribution in [-0.4, -0.2) is 53.4 Å². The van der Waals surface area contributed by atoms with Crippen LogP contribution in [0.3, 0.4) is 0 Å². The molecule has 0 bridgehead atoms. The number of rotatable bonds is 6. The maximum absolute atomic E-state index is 6.20. The smallest absolute Gasteiger partial charge is 0.217 e. The van der Waals surface area contributed by atoms with Crippen molar-refractivity contribution in [1.82, 2.24) is 14.9 Å². The Hall–Kier alpha value is -1.54. The second kappa shape index (κ2) is 7.60. The van der Waals surface area contributed by atoms with Crippen LogP contribution in [0.5, 0.6) is 5.88 Å². The lowest BCUT2D eigenvalue weighted by Crippen LogP contribution is -2.33. The van der Waals surface area contributed by atoms with Crippen molar-refractivity contribution in [3.63, 3.8) is 0 Å². The van der Waals surface area contributed by atoms with E-state index in [-0.39, 0.29) is 11.7 Å². The molecule has 0 N–H and O–H groups in total. The van der Waals surface area contributed by atoms with Gasteiger partial charge in [-0.2, -0.15) is 0 Å². The van der Waals surface area contributed by atoms with Crippen molar-refractivity contribution in [3.8, 4) is 5.88 Å². The highest BCUT2D eigenvalue weighted by molar-refractivity contribution is 7.09. The second-order valence-electron chi connectivity index (χ2n) is 7.12. The van der Waals surface area contributed by atoms with Crippen molar-refractivity contribution in [3.05, 3.63) is 40.0 Å². The Morgan fingerprint density at radius 2 is 2.38 bits per heavy atom. The summed E-state index contributed by atoms with van der Waals surface area (Å²) in [6.45, 7) is 6.06. The summed E-state index contributed by atoms with van der Waals surface area (Å²) in [5, 5.41) is 3.15. The number of aromatic nitrogens is 2. The van der Waals surface area contributed by atoms with Gasteiger partial charge in [0.1, 0.15) is 0 Å². The summed E-state index contributed by atoms with van der Waals surface area (Å²) in [7, 11) is 1.67. The van der Waals surface area contributed by atoms with Gasteiger partial charge in [0, 0.05) is 43.2 Å². The Balaban J connectivity index is 1.30. The number of aryl methyl sites for hydroxylation is 1. The number of nitrogens with zero attached hydrogens (tertiary/aromatic N) is 3. The van der Waals surface area contributed by atoms with Gasteiger partial charge in [0.25, 0.3) is 0 Å². The highest BCUT2D eigenvalue weighted by Gasteiger charge is 2.45. The van der Waals surface area contributed by atoms with Crippen molar-refractivity contribution in [1.29, 1.82) is 0 Å². The molecule has 0 aliphatic carbocycles. The molecule has 2 aliphatic rings. The minimum atomic E-state index is -0.0713. The molecule has 2 aliphatic heterocycles. The van der Waals surface area contributed by atoms with Crippen LogP contribution in [0.1, 0.15) is 29.1 Å². The lowest BCUT2D eigenvalue weighted by Gasteiger charge is -2.23. The molecule has 1 spiro atoms. The van der Waals surface area contributed by atoms with Crippen LogP contribution in [0.4, 0.5) is 0 Å². The Labute approximate surface area is 158 Å². The van der Waals surface area contributed by atoms with Gasteiger partial charge in [0.2, 0.25) is 5.88 Å². The second-order valence-corrected chi connectivity index (χ2v) is 8.18. The minimum Gasteiger partial charge on any atom is -0.481 e. The van der Waals surface area contributed by atoms with Crippen LogP contribution in [0, 0.1) is 6.92 Å². The summed E-state index contributed by atoms with van der Waals surface area (Å²) in [5.74, 6) is 0.709. The first-order valence-electron chi connectivity index (χ1n) is 9.03. The molecule has 2 saturated heterocycles. The van der Waals surface area contributed by atoms with Gasteiger partial charge in [0.15, 0.2) is 0 Å². The van der Waals surface area contributed by atoms with Crippen LogP contribution in [0.15, 0.2) is 23.7 Å². The zero-order chi connectivity index (χ0) is 18.0. The molecule has 7 heteroatoms. The number of likely N-dealkylation sites (tertiary alicyclic amines) is 1. The zero-order valence-corrected chi connectivity index (χ0v) is 16.1. The summed E-state index contributed by atoms with van der Waals surface area (Å²) in [6.07, 6.45) is 3.92. The van der Waals surface area contributed by atoms with Crippen LogP contribution in [0.2, 0.25) is 0 Å². The lowest BCUT2D eigenvalue weighted by atomic mass is 9.98. The summed E-state index contributed by atoms with van der Waals surface area (Å²) in [6, 6.07) is 4.04. The van der Waals surface area contributed by atoms with Gasteiger partial charge >= 0.3 is 0 Å². The van der Waals surface area contributed by atoms with Crippen molar-refractivity contribution in [2.24, 2.45) is 0 Å². The van der Waals surface area contributed by atoms with E-state index < -0.39 is 0 Å². The van der Waals surface area contributed by atoms with Crippen molar-refractivity contribution in [2.75, 3.05) is 26.8 Å². The number of hydrogen-bond donors (Lipinski definition) is 0. The third-order valence-electron chi connectivity index (χ3n) is 5.14. The molecule has 140 valence electrons. The van der Waals surface area contributed by atoms with E-state index in [1.165, 1.54) is 0 Å². The molecular weight excluding hydrogens is 350 g/mol. The summed E-state index contributed by atoms with van der Waals surface area (Å²) < 4.78 is 17.6. The molecule has 2 fully saturated rings. The van der Waals surface area contributed by atoms with Crippen molar-refractivity contribution in [2.45, 2.75) is 44.6 Å². The van der Waals surface area contributed by atoms with Crippen LogP contribution < -0.4 is 4.74 Å². The van der Waals surface area contributed by atoms with Gasteiger partial charge in [-0.1, -0.05) is 6.07 Å². The number of thiazole rings is 1. The minimum absolute atomic E-state index is 0.0713. The van der Waals surface area contributed by atoms with Gasteiger partial charge in [-0.15, -0.1) is 11.3 Å². The van der Waals surface area contributed by atoms with Gasteiger partial charge in [-0.05, 0) is 19.4 Å². The fourth-order valence-corrected chi connectivity index (χ4v) is 4.50. The van der Waals surface area contributed by atoms with Crippen LogP contribution in [0.25, 0.3) is 0 Å². The maximum atomic E-state index is 6.20. The van der Waals surface area contributed by atoms with E-state index >= 15 is 0 Å². The molecule has 6 nitrogen and oxygen atoms in total. The Bertz CT molecular complexity index is 753. The number of hydrogen-bond acceptors (Lipinski definition) is 7. The lowest BCUT2D eigenvalue weighted by molar-refractivity contribution is -0.000782. The van der Waals surface area contributed by atoms with Crippen molar-refractivity contribution >= 4 is 11.3 Å². The van der Waals surface area contributed by atoms with Crippen LogP contribution >= 0.6 is 11.3 Å². The predicted octanol–water partition coefficient (Wildman–Crippen LogP) is 2.81. The first kappa shape index (κ1) is 17.9. The highest BCUT2D eigenvalue weighted by Crippen LogP contribution is 2.37. The average molecular weight is 375 g/mol. The number of ether oxygens (including phenoxy) is 3. The molecule has 0 saturated carbocycles. The maximum Gasteiger partial charge on any atom is 0.217 e. The normalized spacial score (nSPS) is 26.0. The SMILES string of the molecule is COc1ncccc1CN1CC[C@@]2(C[C@H](OCc3csc(C)n3)CO2)C1. The van der Waals surface area contributed by atoms with E-state index in [0.29, 0.717) is 19.1 Å². The first-order chi connectivity index (χ1) is 12.7. The largest absolute Gasteiger partial charge is 0.481 e. The highest BCUT2D eigenvalue weighted by atomic mass is 32.1. The standard InChI is InChI=1S/C19H25N3O3S/c1-14-21-16(12-26-14)10-24-17-8-19(25-11-17)5-7-22(13-19)9-15-4-3-6-20-18(15)23-2/h3-4,6,12,17H,5,7-11,13H2,1-2H3/t17-,19+/m0/s1. The summed E-state index contributed by atoms with van der Waals surface area (Å²) in [5.41, 5.74) is 2.07. The van der Waals surface area contributed by atoms with Gasteiger partial charge in [-0.3, -0.25) is 4.90 Å². The fraction of sp³-hybridized carbons (Fsp3) is 0.579. The first-order valence-corrected chi connectivity index (χ1v) is 9.91. The molecule has 2 aromatic heterocycles. The van der Waals surface area contributed by atoms with Gasteiger partial charge in [0.05, 0.1) is 42.7 Å². The molecule has 0 aromatic carbocycles. The predicted molar refractivity (Wildman–Crippen MR) is 99.4 cm³/mol. The van der Waals surface area contributed by atoms with Gasteiger partial charge < -0.3 is 14.2 Å². The Morgan fingerprint density at radius 3 is 3.19 bits per heavy atom.